The van der Waals surface area contributed by atoms with E-state index in [0.717, 1.165) is 25.7 Å². The normalized spacial score (nSPS) is 13.2. The quantitative estimate of drug-likeness (QED) is 0.135. The second-order valence-electron chi connectivity index (χ2n) is 10.6. The molecule has 226 valence electrons. The molecule has 0 saturated heterocycles. The summed E-state index contributed by atoms with van der Waals surface area (Å²) in [5, 5.41) is 0. The molecule has 0 saturated carbocycles. The zero-order chi connectivity index (χ0) is 30.1. The Balaban J connectivity index is 3.15. The maximum Gasteiger partial charge on any atom is 0.508 e. The zero-order valence-corrected chi connectivity index (χ0v) is 24.9. The van der Waals surface area contributed by atoms with Crippen LogP contribution in [0.4, 0.5) is 4.79 Å². The van der Waals surface area contributed by atoms with E-state index < -0.39 is 35.7 Å². The first-order valence-electron chi connectivity index (χ1n) is 14.2. The van der Waals surface area contributed by atoms with Crippen molar-refractivity contribution in [1.29, 1.82) is 0 Å². The van der Waals surface area contributed by atoms with Crippen LogP contribution < -0.4 is 15.2 Å². The van der Waals surface area contributed by atoms with Crippen LogP contribution in [-0.4, -0.2) is 49.4 Å². The molecule has 40 heavy (non-hydrogen) atoms. The molecule has 2 atom stereocenters. The summed E-state index contributed by atoms with van der Waals surface area (Å²) < 4.78 is 26.4. The van der Waals surface area contributed by atoms with E-state index in [0.29, 0.717) is 18.4 Å². The summed E-state index contributed by atoms with van der Waals surface area (Å²) >= 11 is 0. The summed E-state index contributed by atoms with van der Waals surface area (Å²) in [6, 6.07) is 4.68. The zero-order valence-electron chi connectivity index (χ0n) is 24.9. The molecule has 10 nitrogen and oxygen atoms in total. The first kappa shape index (κ1) is 34.9. The van der Waals surface area contributed by atoms with Crippen LogP contribution in [0.1, 0.15) is 98.0 Å². The van der Waals surface area contributed by atoms with E-state index in [-0.39, 0.29) is 49.7 Å². The number of benzene rings is 1. The van der Waals surface area contributed by atoms with E-state index in [1.54, 1.807) is 13.0 Å². The van der Waals surface area contributed by atoms with Crippen molar-refractivity contribution in [2.75, 3.05) is 13.7 Å². The van der Waals surface area contributed by atoms with Gasteiger partial charge in [0, 0.05) is 25.7 Å². The first-order valence-corrected chi connectivity index (χ1v) is 14.2. The molecule has 1 aromatic carbocycles. The van der Waals surface area contributed by atoms with E-state index in [1.165, 1.54) is 19.2 Å². The number of hydrogen-bond acceptors (Lipinski definition) is 10. The molecule has 0 aliphatic carbocycles. The van der Waals surface area contributed by atoms with Crippen LogP contribution in [0.15, 0.2) is 18.2 Å². The Bertz CT molecular complexity index is 962. The van der Waals surface area contributed by atoms with Crippen molar-refractivity contribution in [2.24, 2.45) is 11.7 Å². The molecule has 0 aliphatic heterocycles. The summed E-state index contributed by atoms with van der Waals surface area (Å²) in [7, 11) is 1.22. The Morgan fingerprint density at radius 1 is 0.875 bits per heavy atom. The van der Waals surface area contributed by atoms with Gasteiger partial charge in [-0.2, -0.15) is 0 Å². The van der Waals surface area contributed by atoms with Gasteiger partial charge in [-0.25, -0.2) is 4.79 Å². The number of nitrogens with two attached hydrogens (primary N) is 1. The predicted octanol–water partition coefficient (Wildman–Crippen LogP) is 5.66. The van der Waals surface area contributed by atoms with Crippen molar-refractivity contribution in [3.63, 3.8) is 0 Å². The van der Waals surface area contributed by atoms with E-state index >= 15 is 0 Å². The fourth-order valence-electron chi connectivity index (χ4n) is 4.00. The number of esters is 3. The van der Waals surface area contributed by atoms with Gasteiger partial charge in [0.15, 0.2) is 11.5 Å². The smallest absolute Gasteiger partial charge is 0.468 e. The molecule has 0 aromatic heterocycles. The third kappa shape index (κ3) is 13.3. The highest BCUT2D eigenvalue weighted by Gasteiger charge is 2.38. The lowest BCUT2D eigenvalue weighted by molar-refractivity contribution is -0.148. The summed E-state index contributed by atoms with van der Waals surface area (Å²) in [4.78, 5) is 49.6. The molecule has 0 heterocycles. The van der Waals surface area contributed by atoms with Crippen LogP contribution in [0.3, 0.4) is 0 Å². The largest absolute Gasteiger partial charge is 0.508 e. The van der Waals surface area contributed by atoms with Crippen molar-refractivity contribution < 1.29 is 42.9 Å². The number of carbonyl (C=O) groups excluding carboxylic acids is 4. The minimum atomic E-state index is -1.58. The number of hydrogen-bond donors (Lipinski definition) is 1. The highest BCUT2D eigenvalue weighted by molar-refractivity contribution is 5.81. The highest BCUT2D eigenvalue weighted by Crippen LogP contribution is 2.32. The third-order valence-electron chi connectivity index (χ3n) is 6.02. The minimum absolute atomic E-state index is 0.0282. The molecular formula is C30H47NO9. The van der Waals surface area contributed by atoms with Gasteiger partial charge in [-0.3, -0.25) is 14.4 Å². The second-order valence-corrected chi connectivity index (χ2v) is 10.6. The number of unbranched alkanes of at least 4 members (excludes halogenated alkanes) is 4. The lowest BCUT2D eigenvalue weighted by atomic mass is 9.86. The maximum atomic E-state index is 12.7. The highest BCUT2D eigenvalue weighted by atomic mass is 16.7. The Morgan fingerprint density at radius 3 is 1.98 bits per heavy atom. The molecule has 1 aromatic rings. The average molecular weight is 566 g/mol. The Morgan fingerprint density at radius 2 is 1.45 bits per heavy atom. The van der Waals surface area contributed by atoms with Gasteiger partial charge in [-0.15, -0.1) is 0 Å². The van der Waals surface area contributed by atoms with Crippen LogP contribution in [0.5, 0.6) is 11.5 Å². The van der Waals surface area contributed by atoms with Gasteiger partial charge in [0.1, 0.15) is 11.6 Å². The van der Waals surface area contributed by atoms with Crippen LogP contribution in [0, 0.1) is 5.92 Å². The van der Waals surface area contributed by atoms with Crippen LogP contribution in [0.2, 0.25) is 0 Å². The van der Waals surface area contributed by atoms with Crippen molar-refractivity contribution >= 4 is 24.1 Å². The van der Waals surface area contributed by atoms with Crippen molar-refractivity contribution in [2.45, 2.75) is 110 Å². The number of carbonyl (C=O) groups is 4. The Hall–Kier alpha value is -3.14. The lowest BCUT2D eigenvalue weighted by Crippen LogP contribution is -2.53. The average Bonchev–Trinajstić information content (AvgIpc) is 2.88. The molecule has 0 aliphatic rings. The lowest BCUT2D eigenvalue weighted by Gasteiger charge is -2.29. The van der Waals surface area contributed by atoms with Crippen molar-refractivity contribution in [3.8, 4) is 11.5 Å². The molecule has 0 amide bonds. The Kier molecular flexibility index (Phi) is 15.9. The van der Waals surface area contributed by atoms with E-state index in [1.807, 2.05) is 27.7 Å². The fraction of sp³-hybridized carbons (Fsp3) is 0.667. The van der Waals surface area contributed by atoms with Crippen LogP contribution in [0.25, 0.3) is 0 Å². The fourth-order valence-corrected chi connectivity index (χ4v) is 4.00. The maximum absolute atomic E-state index is 12.7. The predicted molar refractivity (Wildman–Crippen MR) is 150 cm³/mol. The molecular weight excluding hydrogens is 518 g/mol. The summed E-state index contributed by atoms with van der Waals surface area (Å²) in [6.07, 6.45) is 3.82. The molecule has 1 rings (SSSR count). The van der Waals surface area contributed by atoms with Gasteiger partial charge in [-0.05, 0) is 43.4 Å². The van der Waals surface area contributed by atoms with E-state index in [9.17, 15) is 19.2 Å². The van der Waals surface area contributed by atoms with Gasteiger partial charge >= 0.3 is 24.1 Å². The molecule has 0 spiro atoms. The van der Waals surface area contributed by atoms with Crippen LogP contribution in [-0.2, 0) is 35.0 Å². The van der Waals surface area contributed by atoms with Crippen LogP contribution >= 0.6 is 0 Å². The number of ether oxygens (including phenoxy) is 5. The molecule has 0 fully saturated rings. The van der Waals surface area contributed by atoms with Crippen molar-refractivity contribution in [1.82, 2.24) is 0 Å². The van der Waals surface area contributed by atoms with E-state index in [2.05, 4.69) is 0 Å². The summed E-state index contributed by atoms with van der Waals surface area (Å²) in [5.74, 6) is -1.27. The Labute approximate surface area is 238 Å². The summed E-state index contributed by atoms with van der Waals surface area (Å²) in [5.41, 5.74) is 5.46. The molecule has 0 radical (unpaired) electrons. The van der Waals surface area contributed by atoms with Gasteiger partial charge in [0.2, 0.25) is 0 Å². The van der Waals surface area contributed by atoms with Gasteiger partial charge < -0.3 is 29.4 Å². The second kappa shape index (κ2) is 18.3. The monoisotopic (exact) mass is 565 g/mol. The minimum Gasteiger partial charge on any atom is -0.468 e. The molecule has 2 N–H and O–H groups in total. The number of rotatable bonds is 18. The van der Waals surface area contributed by atoms with Gasteiger partial charge in [-0.1, -0.05) is 59.4 Å². The topological polar surface area (TPSA) is 140 Å². The molecule has 0 bridgehead atoms. The molecule has 1 unspecified atom stereocenters. The first-order chi connectivity index (χ1) is 18.9. The standard InChI is InChI=1S/C30H47NO9/c1-7-9-11-13-26(32)39-24-16-15-23(17-25(24)40-27(33)14-12-10-8-2)19-30(31,28(34)36-6)18-22(5)38-29(35)37-20-21(3)4/h15-17,21-22H,7-14,18-20,31H2,1-6H3/t22-,30?/m0/s1. The van der Waals surface area contributed by atoms with E-state index in [4.69, 9.17) is 29.4 Å². The van der Waals surface area contributed by atoms with Gasteiger partial charge in [0.05, 0.1) is 13.7 Å². The third-order valence-corrected chi connectivity index (χ3v) is 6.02. The summed E-state index contributed by atoms with van der Waals surface area (Å²) in [6.45, 7) is 9.67. The van der Waals surface area contributed by atoms with Gasteiger partial charge in [0.25, 0.3) is 0 Å². The van der Waals surface area contributed by atoms with Crippen molar-refractivity contribution in [3.05, 3.63) is 23.8 Å². The number of methoxy groups -OCH3 is 1. The SMILES string of the molecule is CCCCCC(=O)Oc1ccc(CC(N)(C[C@H](C)OC(=O)OCC(C)C)C(=O)OC)cc1OC(=O)CCCCC. The molecule has 10 heteroatoms.